The Bertz CT molecular complexity index is 780. The van der Waals surface area contributed by atoms with Crippen molar-refractivity contribution in [2.24, 2.45) is 5.92 Å². The molecule has 7 heteroatoms. The molecule has 1 aliphatic heterocycles. The predicted octanol–water partition coefficient (Wildman–Crippen LogP) is 2.28. The van der Waals surface area contributed by atoms with Gasteiger partial charge in [0.25, 0.3) is 0 Å². The molecule has 144 valence electrons. The Morgan fingerprint density at radius 3 is 2.56 bits per heavy atom. The first-order chi connectivity index (χ1) is 13.0. The summed E-state index contributed by atoms with van der Waals surface area (Å²) in [5.74, 6) is -0.264. The molecule has 0 bridgehead atoms. The van der Waals surface area contributed by atoms with E-state index in [1.54, 1.807) is 23.0 Å². The molecule has 2 heterocycles. The number of nitrogens with zero attached hydrogens (tertiary/aromatic N) is 3. The van der Waals surface area contributed by atoms with Crippen molar-refractivity contribution in [3.05, 3.63) is 53.6 Å². The normalized spacial score (nSPS) is 15.0. The van der Waals surface area contributed by atoms with Crippen molar-refractivity contribution in [1.29, 1.82) is 0 Å². The summed E-state index contributed by atoms with van der Waals surface area (Å²) in [6, 6.07) is 6.10. The van der Waals surface area contributed by atoms with Crippen LogP contribution in [0.25, 0.3) is 0 Å². The van der Waals surface area contributed by atoms with Crippen molar-refractivity contribution < 1.29 is 14.0 Å². The lowest BCUT2D eigenvalue weighted by Gasteiger charge is -2.31. The van der Waals surface area contributed by atoms with E-state index in [0.717, 1.165) is 11.1 Å². The lowest BCUT2D eigenvalue weighted by atomic mass is 9.95. The first-order valence-electron chi connectivity index (χ1n) is 9.30. The lowest BCUT2D eigenvalue weighted by Crippen LogP contribution is -2.43. The molecule has 0 spiro atoms. The van der Waals surface area contributed by atoms with Gasteiger partial charge in [-0.3, -0.25) is 14.3 Å². The van der Waals surface area contributed by atoms with Crippen LogP contribution in [-0.4, -0.2) is 39.6 Å². The third kappa shape index (κ3) is 5.39. The Labute approximate surface area is 158 Å². The van der Waals surface area contributed by atoms with Gasteiger partial charge in [-0.1, -0.05) is 12.1 Å². The average molecular weight is 372 g/mol. The third-order valence-electron chi connectivity index (χ3n) is 4.92. The summed E-state index contributed by atoms with van der Waals surface area (Å²) in [5.41, 5.74) is 1.95. The van der Waals surface area contributed by atoms with Crippen LogP contribution in [0.3, 0.4) is 0 Å². The van der Waals surface area contributed by atoms with E-state index in [-0.39, 0.29) is 23.5 Å². The van der Waals surface area contributed by atoms with Gasteiger partial charge in [0.1, 0.15) is 5.82 Å². The summed E-state index contributed by atoms with van der Waals surface area (Å²) >= 11 is 0. The maximum atomic E-state index is 12.9. The SMILES string of the molecule is Cc1cnn(CCC(=O)N2CCC(C(=O)NCc3ccc(F)cc3)CC2)c1. The molecule has 1 aliphatic rings. The quantitative estimate of drug-likeness (QED) is 0.846. The van der Waals surface area contributed by atoms with Gasteiger partial charge in [0.05, 0.1) is 6.20 Å². The fraction of sp³-hybridized carbons (Fsp3) is 0.450. The molecule has 0 atom stereocenters. The molecule has 1 saturated heterocycles. The van der Waals surface area contributed by atoms with Crippen molar-refractivity contribution in [2.75, 3.05) is 13.1 Å². The lowest BCUT2D eigenvalue weighted by molar-refractivity contribution is -0.135. The van der Waals surface area contributed by atoms with Crippen LogP contribution >= 0.6 is 0 Å². The number of carbonyl (C=O) groups is 2. The molecule has 1 N–H and O–H groups in total. The van der Waals surface area contributed by atoms with Crippen LogP contribution in [0.5, 0.6) is 0 Å². The number of aromatic nitrogens is 2. The number of carbonyl (C=O) groups excluding carboxylic acids is 2. The highest BCUT2D eigenvalue weighted by molar-refractivity contribution is 5.80. The molecule has 6 nitrogen and oxygen atoms in total. The average Bonchev–Trinajstić information content (AvgIpc) is 3.11. The zero-order chi connectivity index (χ0) is 19.2. The highest BCUT2D eigenvalue weighted by Crippen LogP contribution is 2.18. The van der Waals surface area contributed by atoms with E-state index in [1.807, 2.05) is 18.0 Å². The van der Waals surface area contributed by atoms with E-state index in [1.165, 1.54) is 12.1 Å². The van der Waals surface area contributed by atoms with Gasteiger partial charge in [0.15, 0.2) is 0 Å². The fourth-order valence-electron chi connectivity index (χ4n) is 3.28. The number of hydrogen-bond donors (Lipinski definition) is 1. The van der Waals surface area contributed by atoms with Crippen molar-refractivity contribution >= 4 is 11.8 Å². The number of hydrogen-bond acceptors (Lipinski definition) is 3. The standard InChI is InChI=1S/C20H25FN4O2/c1-15-12-23-25(14-15)11-8-19(26)24-9-6-17(7-10-24)20(27)22-13-16-2-4-18(21)5-3-16/h2-5,12,14,17H,6-11,13H2,1H3,(H,22,27). The van der Waals surface area contributed by atoms with E-state index >= 15 is 0 Å². The molecular weight excluding hydrogens is 347 g/mol. The second-order valence-corrected chi connectivity index (χ2v) is 7.03. The van der Waals surface area contributed by atoms with Crippen molar-refractivity contribution in [2.45, 2.75) is 39.3 Å². The van der Waals surface area contributed by atoms with Crippen LogP contribution in [0.2, 0.25) is 0 Å². The first kappa shape index (κ1) is 19.1. The predicted molar refractivity (Wildman–Crippen MR) is 99.1 cm³/mol. The van der Waals surface area contributed by atoms with Crippen LogP contribution < -0.4 is 5.32 Å². The summed E-state index contributed by atoms with van der Waals surface area (Å²) in [6.07, 6.45) is 5.46. The number of benzene rings is 1. The molecule has 0 aliphatic carbocycles. The van der Waals surface area contributed by atoms with Crippen LogP contribution in [0.15, 0.2) is 36.7 Å². The van der Waals surface area contributed by atoms with Gasteiger partial charge >= 0.3 is 0 Å². The Balaban J connectivity index is 1.39. The number of rotatable bonds is 6. The molecular formula is C20H25FN4O2. The van der Waals surface area contributed by atoms with Crippen molar-refractivity contribution in [1.82, 2.24) is 20.0 Å². The number of amides is 2. The smallest absolute Gasteiger partial charge is 0.224 e. The highest BCUT2D eigenvalue weighted by atomic mass is 19.1. The third-order valence-corrected chi connectivity index (χ3v) is 4.92. The maximum absolute atomic E-state index is 12.9. The molecule has 1 aromatic carbocycles. The van der Waals surface area contributed by atoms with Crippen LogP contribution in [0, 0.1) is 18.7 Å². The minimum Gasteiger partial charge on any atom is -0.352 e. The van der Waals surface area contributed by atoms with E-state index in [9.17, 15) is 14.0 Å². The fourth-order valence-corrected chi connectivity index (χ4v) is 3.28. The molecule has 1 aromatic heterocycles. The monoisotopic (exact) mass is 372 g/mol. The van der Waals surface area contributed by atoms with E-state index in [2.05, 4.69) is 10.4 Å². The molecule has 0 unspecified atom stereocenters. The molecule has 0 saturated carbocycles. The summed E-state index contributed by atoms with van der Waals surface area (Å²) in [7, 11) is 0. The van der Waals surface area contributed by atoms with Gasteiger partial charge in [0, 0.05) is 44.7 Å². The molecule has 2 aromatic rings. The van der Waals surface area contributed by atoms with Crippen LogP contribution in [-0.2, 0) is 22.7 Å². The number of likely N-dealkylation sites (tertiary alicyclic amines) is 1. The zero-order valence-electron chi connectivity index (χ0n) is 15.5. The van der Waals surface area contributed by atoms with Gasteiger partial charge in [-0.05, 0) is 43.0 Å². The Kier molecular flexibility index (Phi) is 6.21. The van der Waals surface area contributed by atoms with Gasteiger partial charge in [-0.2, -0.15) is 5.10 Å². The Morgan fingerprint density at radius 1 is 1.22 bits per heavy atom. The van der Waals surface area contributed by atoms with Gasteiger partial charge in [-0.15, -0.1) is 0 Å². The summed E-state index contributed by atoms with van der Waals surface area (Å²) in [4.78, 5) is 26.5. The minimum atomic E-state index is -0.287. The van der Waals surface area contributed by atoms with Gasteiger partial charge in [-0.25, -0.2) is 4.39 Å². The van der Waals surface area contributed by atoms with E-state index in [0.29, 0.717) is 45.4 Å². The summed E-state index contributed by atoms with van der Waals surface area (Å²) < 4.78 is 14.7. The van der Waals surface area contributed by atoms with Crippen molar-refractivity contribution in [3.8, 4) is 0 Å². The highest BCUT2D eigenvalue weighted by Gasteiger charge is 2.27. The molecule has 3 rings (SSSR count). The number of nitrogens with one attached hydrogen (secondary N) is 1. The second-order valence-electron chi connectivity index (χ2n) is 7.03. The van der Waals surface area contributed by atoms with Crippen molar-refractivity contribution in [3.63, 3.8) is 0 Å². The Morgan fingerprint density at radius 2 is 1.93 bits per heavy atom. The molecule has 27 heavy (non-hydrogen) atoms. The Hall–Kier alpha value is -2.70. The van der Waals surface area contributed by atoms with Gasteiger partial charge < -0.3 is 10.2 Å². The largest absolute Gasteiger partial charge is 0.352 e. The summed E-state index contributed by atoms with van der Waals surface area (Å²) in [5, 5.41) is 7.10. The zero-order valence-corrected chi connectivity index (χ0v) is 15.5. The molecule has 1 fully saturated rings. The van der Waals surface area contributed by atoms with Crippen LogP contribution in [0.4, 0.5) is 4.39 Å². The summed E-state index contributed by atoms with van der Waals surface area (Å²) in [6.45, 7) is 4.14. The topological polar surface area (TPSA) is 67.2 Å². The molecule has 0 radical (unpaired) electrons. The second kappa shape index (κ2) is 8.79. The maximum Gasteiger partial charge on any atom is 0.224 e. The van der Waals surface area contributed by atoms with E-state index in [4.69, 9.17) is 0 Å². The van der Waals surface area contributed by atoms with E-state index < -0.39 is 0 Å². The van der Waals surface area contributed by atoms with Gasteiger partial charge in [0.2, 0.25) is 11.8 Å². The number of halogens is 1. The van der Waals surface area contributed by atoms with Crippen LogP contribution in [0.1, 0.15) is 30.4 Å². The molecule has 2 amide bonds. The number of aryl methyl sites for hydroxylation is 2. The minimum absolute atomic E-state index is 0.00144. The first-order valence-corrected chi connectivity index (χ1v) is 9.30. The number of piperidine rings is 1.